The maximum absolute atomic E-state index is 5.68. The van der Waals surface area contributed by atoms with E-state index in [9.17, 15) is 0 Å². The fourth-order valence-corrected chi connectivity index (χ4v) is 1.43. The summed E-state index contributed by atoms with van der Waals surface area (Å²) in [6, 6.07) is 19.3. The number of nitrogens with one attached hydrogen (secondary N) is 1. The van der Waals surface area contributed by atoms with Gasteiger partial charge in [0.15, 0.2) is 0 Å². The van der Waals surface area contributed by atoms with Crippen molar-refractivity contribution in [3.8, 4) is 0 Å². The zero-order valence-corrected chi connectivity index (χ0v) is 12.7. The lowest BCUT2D eigenvalue weighted by atomic mass is 10.2. The van der Waals surface area contributed by atoms with E-state index in [1.807, 2.05) is 60.7 Å². The first-order valence-electron chi connectivity index (χ1n) is 5.65. The molecule has 19 heavy (non-hydrogen) atoms. The fourth-order valence-electron chi connectivity index (χ4n) is 1.43. The largest absolute Gasteiger partial charge is 0.368 e. The highest BCUT2D eigenvalue weighted by atomic mass is 127. The number of halogens is 1. The molecule has 0 aromatic heterocycles. The summed E-state index contributed by atoms with van der Waals surface area (Å²) in [5.74, 6) is 0.233. The third-order valence-electron chi connectivity index (χ3n) is 2.26. The average molecular weight is 369 g/mol. The molecule has 0 fully saturated rings. The molecule has 0 atom stereocenters. The predicted molar refractivity (Wildman–Crippen MR) is 87.5 cm³/mol. The van der Waals surface area contributed by atoms with Gasteiger partial charge in [-0.1, -0.05) is 48.5 Å². The van der Waals surface area contributed by atoms with Gasteiger partial charge in [-0.2, -0.15) is 0 Å². The number of rotatable bonds is 4. The van der Waals surface area contributed by atoms with Crippen molar-refractivity contribution in [2.24, 2.45) is 10.7 Å². The smallest absolute Gasteiger partial charge is 0.218 e. The lowest BCUT2D eigenvalue weighted by molar-refractivity contribution is 0.0704. The van der Waals surface area contributed by atoms with Crippen LogP contribution in [0.2, 0.25) is 0 Å². The second kappa shape index (κ2) is 8.49. The summed E-state index contributed by atoms with van der Waals surface area (Å²) >= 11 is 0. The van der Waals surface area contributed by atoms with Gasteiger partial charge in [0.25, 0.3) is 0 Å². The van der Waals surface area contributed by atoms with Gasteiger partial charge in [-0.3, -0.25) is 4.84 Å². The first-order valence-corrected chi connectivity index (χ1v) is 5.65. The molecule has 3 N–H and O–H groups in total. The summed E-state index contributed by atoms with van der Waals surface area (Å²) in [7, 11) is 0. The number of hydrogen-bond acceptors (Lipinski definition) is 2. The van der Waals surface area contributed by atoms with E-state index < -0.39 is 0 Å². The van der Waals surface area contributed by atoms with Gasteiger partial charge in [-0.25, -0.2) is 10.5 Å². The van der Waals surface area contributed by atoms with Crippen molar-refractivity contribution >= 4 is 35.6 Å². The minimum Gasteiger partial charge on any atom is -0.368 e. The van der Waals surface area contributed by atoms with Gasteiger partial charge in [-0.15, -0.1) is 24.0 Å². The van der Waals surface area contributed by atoms with Crippen molar-refractivity contribution < 1.29 is 4.84 Å². The monoisotopic (exact) mass is 369 g/mol. The Labute approximate surface area is 129 Å². The molecule has 0 spiro atoms. The van der Waals surface area contributed by atoms with Crippen molar-refractivity contribution in [2.75, 3.05) is 0 Å². The van der Waals surface area contributed by atoms with Crippen molar-refractivity contribution in [1.29, 1.82) is 0 Å². The van der Waals surface area contributed by atoms with E-state index >= 15 is 0 Å². The molecule has 2 aromatic rings. The first kappa shape index (κ1) is 15.5. The fraction of sp³-hybridized carbons (Fsp3) is 0.0714. The Morgan fingerprint density at radius 1 is 1.00 bits per heavy atom. The van der Waals surface area contributed by atoms with Crippen LogP contribution in [0, 0.1) is 0 Å². The number of nitrogens with zero attached hydrogens (tertiary/aromatic N) is 1. The molecular weight excluding hydrogens is 353 g/mol. The van der Waals surface area contributed by atoms with E-state index in [1.54, 1.807) is 0 Å². The number of benzene rings is 2. The number of hydrogen-bond donors (Lipinski definition) is 2. The third kappa shape index (κ3) is 5.71. The van der Waals surface area contributed by atoms with Crippen LogP contribution >= 0.6 is 24.0 Å². The van der Waals surface area contributed by atoms with E-state index in [0.717, 1.165) is 11.3 Å². The highest BCUT2D eigenvalue weighted by Crippen LogP contribution is 2.08. The molecule has 2 rings (SSSR count). The maximum atomic E-state index is 5.68. The second-order valence-corrected chi connectivity index (χ2v) is 3.71. The van der Waals surface area contributed by atoms with Crippen LogP contribution in [0.15, 0.2) is 65.7 Å². The molecule has 0 bridgehead atoms. The Morgan fingerprint density at radius 3 is 2.21 bits per heavy atom. The Kier molecular flexibility index (Phi) is 6.91. The van der Waals surface area contributed by atoms with E-state index in [-0.39, 0.29) is 29.9 Å². The zero-order valence-electron chi connectivity index (χ0n) is 10.3. The van der Waals surface area contributed by atoms with Crippen molar-refractivity contribution in [3.63, 3.8) is 0 Å². The number of nitrogens with two attached hydrogens (primary N) is 1. The van der Waals surface area contributed by atoms with Crippen LogP contribution in [0.3, 0.4) is 0 Å². The number of guanidine groups is 1. The summed E-state index contributed by atoms with van der Waals surface area (Å²) in [6.07, 6.45) is 0. The molecule has 0 heterocycles. The molecule has 100 valence electrons. The highest BCUT2D eigenvalue weighted by molar-refractivity contribution is 14.0. The van der Waals surface area contributed by atoms with Gasteiger partial charge < -0.3 is 5.73 Å². The summed E-state index contributed by atoms with van der Waals surface area (Å²) < 4.78 is 0. The molecule has 4 nitrogen and oxygen atoms in total. The molecule has 0 saturated heterocycles. The molecule has 5 heteroatoms. The lowest BCUT2D eigenvalue weighted by Gasteiger charge is -2.06. The van der Waals surface area contributed by atoms with Gasteiger partial charge in [0.05, 0.1) is 12.3 Å². The lowest BCUT2D eigenvalue weighted by Crippen LogP contribution is -2.31. The Morgan fingerprint density at radius 2 is 1.58 bits per heavy atom. The van der Waals surface area contributed by atoms with Crippen LogP contribution in [0.4, 0.5) is 5.69 Å². The molecule has 0 aliphatic carbocycles. The molecule has 0 saturated carbocycles. The van der Waals surface area contributed by atoms with E-state index in [1.165, 1.54) is 0 Å². The summed E-state index contributed by atoms with van der Waals surface area (Å²) in [6.45, 7) is 0.436. The van der Waals surface area contributed by atoms with Gasteiger partial charge >= 0.3 is 0 Å². The Bertz CT molecular complexity index is 503. The van der Waals surface area contributed by atoms with E-state index in [2.05, 4.69) is 10.5 Å². The van der Waals surface area contributed by atoms with Crippen molar-refractivity contribution in [1.82, 2.24) is 5.48 Å². The van der Waals surface area contributed by atoms with Gasteiger partial charge in [0.1, 0.15) is 0 Å². The molecule has 2 aromatic carbocycles. The van der Waals surface area contributed by atoms with Gasteiger partial charge in [0.2, 0.25) is 5.96 Å². The minimum atomic E-state index is 0. The van der Waals surface area contributed by atoms with Crippen LogP contribution in [0.25, 0.3) is 0 Å². The van der Waals surface area contributed by atoms with Crippen LogP contribution in [0.1, 0.15) is 5.56 Å². The van der Waals surface area contributed by atoms with E-state index in [4.69, 9.17) is 10.6 Å². The Balaban J connectivity index is 0.00000180. The average Bonchev–Trinajstić information content (AvgIpc) is 2.41. The molecule has 0 radical (unpaired) electrons. The van der Waals surface area contributed by atoms with Gasteiger partial charge in [0, 0.05) is 0 Å². The topological polar surface area (TPSA) is 59.6 Å². The predicted octanol–water partition coefficient (Wildman–Crippen LogP) is 2.97. The normalized spacial score (nSPS) is 10.6. The first-order chi connectivity index (χ1) is 8.84. The third-order valence-corrected chi connectivity index (χ3v) is 2.26. The van der Waals surface area contributed by atoms with Crippen molar-refractivity contribution in [3.05, 3.63) is 66.2 Å². The van der Waals surface area contributed by atoms with E-state index in [0.29, 0.717) is 6.61 Å². The number of aliphatic imine (C=N–C) groups is 1. The number of para-hydroxylation sites is 1. The molecular formula is C14H16IN3O. The standard InChI is InChI=1S/C14H15N3O.HI/c15-14(16-13-9-5-2-6-10-13)17-18-11-12-7-3-1-4-8-12;/h1-10H,11H2,(H3,15,16,17);1H. The SMILES string of the molecule is I.NC(=Nc1ccccc1)NOCc1ccccc1. The summed E-state index contributed by atoms with van der Waals surface area (Å²) in [5.41, 5.74) is 10.1. The minimum absolute atomic E-state index is 0. The maximum Gasteiger partial charge on any atom is 0.218 e. The second-order valence-electron chi connectivity index (χ2n) is 3.71. The number of hydroxylamine groups is 1. The van der Waals surface area contributed by atoms with Crippen LogP contribution in [-0.2, 0) is 11.4 Å². The molecule has 0 aliphatic rings. The summed E-state index contributed by atoms with van der Waals surface area (Å²) in [5, 5.41) is 0. The van der Waals surface area contributed by atoms with Crippen LogP contribution in [0.5, 0.6) is 0 Å². The highest BCUT2D eigenvalue weighted by Gasteiger charge is 1.94. The van der Waals surface area contributed by atoms with Gasteiger partial charge in [-0.05, 0) is 17.7 Å². The molecule has 0 unspecified atom stereocenters. The quantitative estimate of drug-likeness (QED) is 0.377. The zero-order chi connectivity index (χ0) is 12.6. The van der Waals surface area contributed by atoms with Crippen LogP contribution in [-0.4, -0.2) is 5.96 Å². The van der Waals surface area contributed by atoms with Crippen molar-refractivity contribution in [2.45, 2.75) is 6.61 Å². The molecule has 0 amide bonds. The Hall–Kier alpha value is -1.60. The molecule has 0 aliphatic heterocycles. The van der Waals surface area contributed by atoms with Crippen LogP contribution < -0.4 is 11.2 Å². The summed E-state index contributed by atoms with van der Waals surface area (Å²) in [4.78, 5) is 9.40.